The number of ether oxygens (including phenoxy) is 1. The van der Waals surface area contributed by atoms with Crippen LogP contribution in [0.25, 0.3) is 54.2 Å². The molecular weight excluding hydrogens is 921 g/mol. The molecule has 0 bridgehead atoms. The van der Waals surface area contributed by atoms with Crippen LogP contribution in [-0.4, -0.2) is 0 Å². The van der Waals surface area contributed by atoms with E-state index in [-0.39, 0.29) is 10.8 Å². The zero-order chi connectivity index (χ0) is 51.5. The molecule has 0 saturated carbocycles. The van der Waals surface area contributed by atoms with E-state index in [1.54, 1.807) is 0 Å². The van der Waals surface area contributed by atoms with Crippen LogP contribution in [0.3, 0.4) is 0 Å². The van der Waals surface area contributed by atoms with E-state index in [0.717, 1.165) is 56.8 Å². The standard InChI is InChI=1S/C73H58N2O/c1-71(2,3)49-37-41-51(42-38-49)74(63-33-19-23-47-21-7-9-25-53(47)63)65-45-61-69(57-29-13-11-27-55(57)65)70-58-30-14-12-28-56(58)66(46-62(70)73(61)59-31-15-17-35-67(59)76-68-36-18-16-32-60(68)73)75(52-43-39-50(40-44-52)72(4,5)6)64-34-20-24-48-22-8-10-26-54(48)64/h7-46H,1-6H3. The number of anilines is 6. The van der Waals surface area contributed by atoms with Crippen molar-refractivity contribution >= 4 is 77.2 Å². The van der Waals surface area contributed by atoms with E-state index in [1.165, 1.54) is 76.5 Å². The van der Waals surface area contributed by atoms with E-state index in [2.05, 4.69) is 294 Å². The van der Waals surface area contributed by atoms with Gasteiger partial charge in [-0.3, -0.25) is 0 Å². The van der Waals surface area contributed by atoms with Gasteiger partial charge in [0.2, 0.25) is 0 Å². The molecule has 14 rings (SSSR count). The van der Waals surface area contributed by atoms with Crippen molar-refractivity contribution in [1.29, 1.82) is 0 Å². The summed E-state index contributed by atoms with van der Waals surface area (Å²) in [5.41, 5.74) is 15.6. The molecule has 0 aromatic heterocycles. The van der Waals surface area contributed by atoms with Crippen molar-refractivity contribution in [2.45, 2.75) is 57.8 Å². The van der Waals surface area contributed by atoms with Gasteiger partial charge >= 0.3 is 0 Å². The molecule has 1 heterocycles. The van der Waals surface area contributed by atoms with Gasteiger partial charge in [0, 0.05) is 44.0 Å². The summed E-state index contributed by atoms with van der Waals surface area (Å²) >= 11 is 0. The van der Waals surface area contributed by atoms with Gasteiger partial charge in [-0.1, -0.05) is 224 Å². The van der Waals surface area contributed by atoms with Crippen molar-refractivity contribution in [2.75, 3.05) is 9.80 Å². The molecule has 1 aliphatic carbocycles. The zero-order valence-electron chi connectivity index (χ0n) is 43.9. The lowest BCUT2D eigenvalue weighted by Gasteiger charge is -2.40. The molecule has 366 valence electrons. The van der Waals surface area contributed by atoms with Gasteiger partial charge in [0.1, 0.15) is 11.5 Å². The highest BCUT2D eigenvalue weighted by Gasteiger charge is 2.53. The molecule has 0 fully saturated rings. The molecule has 0 radical (unpaired) electrons. The maximum atomic E-state index is 7.05. The average Bonchev–Trinajstić information content (AvgIpc) is 4.00. The topological polar surface area (TPSA) is 15.7 Å². The van der Waals surface area contributed by atoms with E-state index >= 15 is 0 Å². The fourth-order valence-electron chi connectivity index (χ4n) is 12.8. The molecule has 3 nitrogen and oxygen atoms in total. The van der Waals surface area contributed by atoms with Crippen molar-refractivity contribution in [3.05, 3.63) is 276 Å². The average molecular weight is 979 g/mol. The molecule has 2 aliphatic rings. The quantitative estimate of drug-likeness (QED) is 0.165. The predicted molar refractivity (Wildman–Crippen MR) is 321 cm³/mol. The molecular formula is C73H58N2O. The number of rotatable bonds is 6. The summed E-state index contributed by atoms with van der Waals surface area (Å²) in [7, 11) is 0. The van der Waals surface area contributed by atoms with Gasteiger partial charge in [-0.05, 0) is 126 Å². The van der Waals surface area contributed by atoms with Gasteiger partial charge in [0.05, 0.1) is 28.2 Å². The van der Waals surface area contributed by atoms with E-state index in [9.17, 15) is 0 Å². The zero-order valence-corrected chi connectivity index (χ0v) is 43.9. The number of para-hydroxylation sites is 2. The first-order valence-corrected chi connectivity index (χ1v) is 26.7. The second-order valence-corrected chi connectivity index (χ2v) is 22.8. The summed E-state index contributed by atoms with van der Waals surface area (Å²) in [5, 5.41) is 9.52. The van der Waals surface area contributed by atoms with Crippen LogP contribution in [0.1, 0.15) is 74.9 Å². The maximum Gasteiger partial charge on any atom is 0.132 e. The fraction of sp³-hybridized carbons (Fsp3) is 0.123. The Hall–Kier alpha value is -8.92. The highest BCUT2D eigenvalue weighted by atomic mass is 16.5. The minimum Gasteiger partial charge on any atom is -0.457 e. The Labute approximate surface area is 445 Å². The second kappa shape index (κ2) is 17.1. The lowest BCUT2D eigenvalue weighted by Crippen LogP contribution is -2.32. The number of hydrogen-bond acceptors (Lipinski definition) is 3. The molecule has 1 spiro atoms. The summed E-state index contributed by atoms with van der Waals surface area (Å²) in [6.07, 6.45) is 0. The Balaban J connectivity index is 1.15. The minimum absolute atomic E-state index is 0.00818. The Bertz CT molecular complexity index is 4000. The van der Waals surface area contributed by atoms with Crippen molar-refractivity contribution in [1.82, 2.24) is 0 Å². The van der Waals surface area contributed by atoms with Gasteiger partial charge in [-0.15, -0.1) is 0 Å². The van der Waals surface area contributed by atoms with Gasteiger partial charge in [-0.2, -0.15) is 0 Å². The smallest absolute Gasteiger partial charge is 0.132 e. The summed E-state index contributed by atoms with van der Waals surface area (Å²) in [6.45, 7) is 13.7. The molecule has 0 N–H and O–H groups in total. The Morgan fingerprint density at radius 2 is 0.645 bits per heavy atom. The molecule has 12 aromatic carbocycles. The van der Waals surface area contributed by atoms with Crippen LogP contribution in [0.4, 0.5) is 34.1 Å². The Morgan fingerprint density at radius 3 is 1.05 bits per heavy atom. The number of fused-ring (bicyclic) bond motifs is 15. The number of nitrogens with zero attached hydrogens (tertiary/aromatic N) is 2. The van der Waals surface area contributed by atoms with Gasteiger partial charge < -0.3 is 14.5 Å². The summed E-state index contributed by atoms with van der Waals surface area (Å²) in [5.74, 6) is 1.72. The minimum atomic E-state index is -0.825. The second-order valence-electron chi connectivity index (χ2n) is 22.8. The van der Waals surface area contributed by atoms with E-state index in [1.807, 2.05) is 0 Å². The van der Waals surface area contributed by atoms with Gasteiger partial charge in [-0.25, -0.2) is 0 Å². The maximum absolute atomic E-state index is 7.05. The van der Waals surface area contributed by atoms with Crippen LogP contribution in [0.5, 0.6) is 11.5 Å². The highest BCUT2D eigenvalue weighted by molar-refractivity contribution is 6.19. The van der Waals surface area contributed by atoms with Crippen molar-refractivity contribution < 1.29 is 4.74 Å². The first-order chi connectivity index (χ1) is 37.0. The lowest BCUT2D eigenvalue weighted by atomic mass is 9.65. The molecule has 0 unspecified atom stereocenters. The van der Waals surface area contributed by atoms with Crippen LogP contribution in [-0.2, 0) is 16.2 Å². The Kier molecular flexibility index (Phi) is 10.3. The molecule has 76 heavy (non-hydrogen) atoms. The first-order valence-electron chi connectivity index (χ1n) is 26.7. The van der Waals surface area contributed by atoms with Crippen molar-refractivity contribution in [3.8, 4) is 22.6 Å². The van der Waals surface area contributed by atoms with Crippen LogP contribution >= 0.6 is 0 Å². The third kappa shape index (κ3) is 6.88. The van der Waals surface area contributed by atoms with Crippen molar-refractivity contribution in [2.24, 2.45) is 0 Å². The number of hydrogen-bond donors (Lipinski definition) is 0. The molecule has 1 aliphatic heterocycles. The molecule has 0 atom stereocenters. The van der Waals surface area contributed by atoms with E-state index in [0.29, 0.717) is 0 Å². The molecule has 0 amide bonds. The predicted octanol–water partition coefficient (Wildman–Crippen LogP) is 20.3. The third-order valence-electron chi connectivity index (χ3n) is 16.4. The summed E-state index contributed by atoms with van der Waals surface area (Å²) in [6, 6.07) is 90.6. The Morgan fingerprint density at radius 1 is 0.303 bits per heavy atom. The van der Waals surface area contributed by atoms with E-state index in [4.69, 9.17) is 4.74 Å². The first kappa shape index (κ1) is 45.7. The van der Waals surface area contributed by atoms with Crippen LogP contribution in [0, 0.1) is 0 Å². The SMILES string of the molecule is CC(C)(C)c1ccc(N(c2cccc3ccccc23)c2cc3c(c4ccccc24)-c2c(cc(N(c4ccc(C(C)(C)C)cc4)c4cccc5ccccc45)c4ccccc24)C32c3ccccc3Oc3ccccc32)cc1. The third-order valence-corrected chi connectivity index (χ3v) is 16.4. The molecule has 0 saturated heterocycles. The fourth-order valence-corrected chi connectivity index (χ4v) is 12.8. The normalized spacial score (nSPS) is 13.3. The monoisotopic (exact) mass is 978 g/mol. The van der Waals surface area contributed by atoms with Gasteiger partial charge in [0.25, 0.3) is 0 Å². The lowest BCUT2D eigenvalue weighted by molar-refractivity contribution is 0.436. The summed E-state index contributed by atoms with van der Waals surface area (Å²) < 4.78 is 7.05. The highest BCUT2D eigenvalue weighted by Crippen LogP contribution is 2.66. The number of benzene rings is 12. The molecule has 12 aromatic rings. The molecule has 3 heteroatoms. The largest absolute Gasteiger partial charge is 0.457 e. The van der Waals surface area contributed by atoms with E-state index < -0.39 is 5.41 Å². The van der Waals surface area contributed by atoms with Crippen molar-refractivity contribution in [3.63, 3.8) is 0 Å². The van der Waals surface area contributed by atoms with Crippen LogP contribution < -0.4 is 14.5 Å². The van der Waals surface area contributed by atoms with Crippen LogP contribution in [0.2, 0.25) is 0 Å². The van der Waals surface area contributed by atoms with Gasteiger partial charge in [0.15, 0.2) is 0 Å². The van der Waals surface area contributed by atoms with Crippen LogP contribution in [0.15, 0.2) is 243 Å². The summed E-state index contributed by atoms with van der Waals surface area (Å²) in [4.78, 5) is 5.05.